The van der Waals surface area contributed by atoms with Crippen LogP contribution in [0.3, 0.4) is 0 Å². The van der Waals surface area contributed by atoms with Crippen LogP contribution in [0.5, 0.6) is 0 Å². The minimum atomic E-state index is -0.357. The second-order valence-electron chi connectivity index (χ2n) is 3.56. The maximum absolute atomic E-state index is 10.8. The van der Waals surface area contributed by atoms with Gasteiger partial charge in [0.25, 0.3) is 0 Å². The first-order valence-corrected chi connectivity index (χ1v) is 5.27. The van der Waals surface area contributed by atoms with Crippen LogP contribution in [0.2, 0.25) is 0 Å². The van der Waals surface area contributed by atoms with Gasteiger partial charge < -0.3 is 5.73 Å². The Morgan fingerprint density at radius 2 is 2.13 bits per heavy atom. The number of carbonyl (C=O) groups excluding carboxylic acids is 1. The van der Waals surface area contributed by atoms with Crippen LogP contribution in [0.25, 0.3) is 0 Å². The van der Waals surface area contributed by atoms with Gasteiger partial charge >= 0.3 is 0 Å². The first-order valence-electron chi connectivity index (χ1n) is 5.27. The Hall–Kier alpha value is -1.45. The van der Waals surface area contributed by atoms with Crippen molar-refractivity contribution in [2.24, 2.45) is 5.73 Å². The highest BCUT2D eigenvalue weighted by atomic mass is 16.1. The van der Waals surface area contributed by atoms with Crippen LogP contribution in [0.15, 0.2) is 12.3 Å². The predicted molar refractivity (Wildman–Crippen MR) is 58.3 cm³/mol. The zero-order valence-electron chi connectivity index (χ0n) is 9.23. The van der Waals surface area contributed by atoms with E-state index in [1.54, 1.807) is 12.3 Å². The summed E-state index contributed by atoms with van der Waals surface area (Å²) in [6, 6.07) is 1.73. The third-order valence-corrected chi connectivity index (χ3v) is 2.44. The minimum Gasteiger partial charge on any atom is -0.369 e. The van der Waals surface area contributed by atoms with Crippen molar-refractivity contribution >= 4 is 5.91 Å². The fraction of sp³-hybridized carbons (Fsp3) is 0.545. The zero-order valence-corrected chi connectivity index (χ0v) is 9.23. The fourth-order valence-corrected chi connectivity index (χ4v) is 1.54. The van der Waals surface area contributed by atoms with Crippen LogP contribution in [-0.4, -0.2) is 15.9 Å². The molecule has 0 aromatic carbocycles. The molecule has 0 atom stereocenters. The Bertz CT molecular complexity index is 334. The van der Waals surface area contributed by atoms with Crippen molar-refractivity contribution in [1.29, 1.82) is 0 Å². The molecule has 1 aromatic rings. The average molecular weight is 207 g/mol. The molecule has 0 aliphatic heterocycles. The maximum Gasteiger partial charge on any atom is 0.223 e. The lowest BCUT2D eigenvalue weighted by atomic mass is 10.0. The van der Waals surface area contributed by atoms with Crippen molar-refractivity contribution in [3.8, 4) is 0 Å². The van der Waals surface area contributed by atoms with Crippen LogP contribution in [-0.2, 0) is 11.2 Å². The lowest BCUT2D eigenvalue weighted by Crippen LogP contribution is -2.15. The fourth-order valence-electron chi connectivity index (χ4n) is 1.54. The molecule has 1 rings (SSSR count). The van der Waals surface area contributed by atoms with E-state index in [0.717, 1.165) is 18.7 Å². The number of rotatable bonds is 5. The van der Waals surface area contributed by atoms with Crippen molar-refractivity contribution in [1.82, 2.24) is 9.97 Å². The molecule has 0 aliphatic rings. The highest BCUT2D eigenvalue weighted by Crippen LogP contribution is 2.18. The molecule has 1 aromatic heterocycles. The SMILES string of the molecule is CCC(CC)c1nccc(CC(N)=O)n1. The highest BCUT2D eigenvalue weighted by molar-refractivity contribution is 5.76. The van der Waals surface area contributed by atoms with Gasteiger partial charge in [0.15, 0.2) is 0 Å². The first-order chi connectivity index (χ1) is 7.17. The Balaban J connectivity index is 2.86. The molecule has 4 nitrogen and oxygen atoms in total. The van der Waals surface area contributed by atoms with Gasteiger partial charge in [-0.25, -0.2) is 9.97 Å². The van der Waals surface area contributed by atoms with E-state index in [2.05, 4.69) is 23.8 Å². The molecule has 0 radical (unpaired) electrons. The van der Waals surface area contributed by atoms with E-state index in [4.69, 9.17) is 5.73 Å². The molecule has 0 saturated heterocycles. The summed E-state index contributed by atoms with van der Waals surface area (Å²) >= 11 is 0. The quantitative estimate of drug-likeness (QED) is 0.793. The number of hydrogen-bond donors (Lipinski definition) is 1. The monoisotopic (exact) mass is 207 g/mol. The number of nitrogens with two attached hydrogens (primary N) is 1. The molecule has 1 amide bonds. The van der Waals surface area contributed by atoms with E-state index in [-0.39, 0.29) is 12.3 Å². The van der Waals surface area contributed by atoms with E-state index in [1.165, 1.54) is 0 Å². The Morgan fingerprint density at radius 3 is 2.67 bits per heavy atom. The number of amides is 1. The highest BCUT2D eigenvalue weighted by Gasteiger charge is 2.11. The summed E-state index contributed by atoms with van der Waals surface area (Å²) in [5.41, 5.74) is 5.82. The number of aromatic nitrogens is 2. The lowest BCUT2D eigenvalue weighted by Gasteiger charge is -2.10. The molecule has 0 unspecified atom stereocenters. The molecule has 0 spiro atoms. The van der Waals surface area contributed by atoms with Crippen molar-refractivity contribution in [3.05, 3.63) is 23.8 Å². The van der Waals surface area contributed by atoms with Crippen molar-refractivity contribution in [3.63, 3.8) is 0 Å². The zero-order chi connectivity index (χ0) is 11.3. The van der Waals surface area contributed by atoms with Crippen LogP contribution in [0.4, 0.5) is 0 Å². The van der Waals surface area contributed by atoms with Gasteiger partial charge in [-0.15, -0.1) is 0 Å². The van der Waals surface area contributed by atoms with Gasteiger partial charge in [0.2, 0.25) is 5.91 Å². The van der Waals surface area contributed by atoms with E-state index in [9.17, 15) is 4.79 Å². The Morgan fingerprint density at radius 1 is 1.47 bits per heavy atom. The third kappa shape index (κ3) is 3.31. The van der Waals surface area contributed by atoms with Crippen molar-refractivity contribution < 1.29 is 4.79 Å². The maximum atomic E-state index is 10.8. The molecule has 2 N–H and O–H groups in total. The van der Waals surface area contributed by atoms with Crippen molar-refractivity contribution in [2.45, 2.75) is 39.0 Å². The average Bonchev–Trinajstić information content (AvgIpc) is 2.19. The van der Waals surface area contributed by atoms with Crippen LogP contribution in [0, 0.1) is 0 Å². The van der Waals surface area contributed by atoms with E-state index < -0.39 is 0 Å². The van der Waals surface area contributed by atoms with Gasteiger partial charge in [-0.1, -0.05) is 13.8 Å². The number of primary amides is 1. The second-order valence-corrected chi connectivity index (χ2v) is 3.56. The van der Waals surface area contributed by atoms with Gasteiger partial charge in [-0.2, -0.15) is 0 Å². The number of carbonyl (C=O) groups is 1. The summed E-state index contributed by atoms with van der Waals surface area (Å²) in [6.07, 6.45) is 3.90. The normalized spacial score (nSPS) is 10.6. The molecule has 1 heterocycles. The van der Waals surface area contributed by atoms with E-state index in [0.29, 0.717) is 11.6 Å². The lowest BCUT2D eigenvalue weighted by molar-refractivity contribution is -0.117. The Labute approximate surface area is 89.9 Å². The molecule has 15 heavy (non-hydrogen) atoms. The van der Waals surface area contributed by atoms with Crippen LogP contribution >= 0.6 is 0 Å². The van der Waals surface area contributed by atoms with Crippen molar-refractivity contribution in [2.75, 3.05) is 0 Å². The molecule has 82 valence electrons. The molecular weight excluding hydrogens is 190 g/mol. The molecule has 0 fully saturated rings. The second kappa shape index (κ2) is 5.44. The summed E-state index contributed by atoms with van der Waals surface area (Å²) in [7, 11) is 0. The third-order valence-electron chi connectivity index (χ3n) is 2.44. The minimum absolute atomic E-state index is 0.190. The van der Waals surface area contributed by atoms with E-state index in [1.807, 2.05) is 0 Å². The molecule has 0 bridgehead atoms. The van der Waals surface area contributed by atoms with Crippen LogP contribution in [0.1, 0.15) is 44.1 Å². The Kier molecular flexibility index (Phi) is 4.21. The van der Waals surface area contributed by atoms with Gasteiger partial charge in [-0.05, 0) is 18.9 Å². The van der Waals surface area contributed by atoms with E-state index >= 15 is 0 Å². The predicted octanol–water partition coefficient (Wildman–Crippen LogP) is 1.41. The molecular formula is C11H17N3O. The largest absolute Gasteiger partial charge is 0.369 e. The summed E-state index contributed by atoms with van der Waals surface area (Å²) in [5.74, 6) is 0.834. The summed E-state index contributed by atoms with van der Waals surface area (Å²) in [5, 5.41) is 0. The number of hydrogen-bond acceptors (Lipinski definition) is 3. The van der Waals surface area contributed by atoms with Gasteiger partial charge in [-0.3, -0.25) is 4.79 Å². The standard InChI is InChI=1S/C11H17N3O/c1-3-8(4-2)11-13-6-5-9(14-11)7-10(12)15/h5-6,8H,3-4,7H2,1-2H3,(H2,12,15). The summed E-state index contributed by atoms with van der Waals surface area (Å²) < 4.78 is 0. The summed E-state index contributed by atoms with van der Waals surface area (Å²) in [4.78, 5) is 19.3. The van der Waals surface area contributed by atoms with Gasteiger partial charge in [0.05, 0.1) is 12.1 Å². The summed E-state index contributed by atoms with van der Waals surface area (Å²) in [6.45, 7) is 4.22. The molecule has 0 aliphatic carbocycles. The van der Waals surface area contributed by atoms with Gasteiger partial charge in [0.1, 0.15) is 5.82 Å². The first kappa shape index (κ1) is 11.6. The van der Waals surface area contributed by atoms with Crippen LogP contribution < -0.4 is 5.73 Å². The number of nitrogens with zero attached hydrogens (tertiary/aromatic N) is 2. The molecule has 4 heteroatoms. The topological polar surface area (TPSA) is 68.9 Å². The smallest absolute Gasteiger partial charge is 0.223 e. The van der Waals surface area contributed by atoms with Gasteiger partial charge in [0, 0.05) is 12.1 Å². The molecule has 0 saturated carbocycles.